The lowest BCUT2D eigenvalue weighted by molar-refractivity contribution is -0.139. The number of aliphatic carboxylic acids is 1. The van der Waals surface area contributed by atoms with Gasteiger partial charge in [0.1, 0.15) is 6.04 Å². The molecule has 0 spiro atoms. The van der Waals surface area contributed by atoms with Gasteiger partial charge in [0.15, 0.2) is 0 Å². The lowest BCUT2D eigenvalue weighted by atomic mass is 10.1. The number of carboxylic acid groups (broad SMARTS) is 1. The quantitative estimate of drug-likeness (QED) is 0.486. The number of nitrogens with two attached hydrogens (primary N) is 1. The molecular formula is C11H19N3O5. The number of urea groups is 1. The summed E-state index contributed by atoms with van der Waals surface area (Å²) in [5, 5.41) is 20.4. The molecule has 0 saturated carbocycles. The van der Waals surface area contributed by atoms with Crippen molar-refractivity contribution in [1.82, 2.24) is 10.2 Å². The largest absolute Gasteiger partial charge is 0.480 e. The third-order valence-corrected chi connectivity index (χ3v) is 3.12. The molecule has 1 aliphatic rings. The summed E-state index contributed by atoms with van der Waals surface area (Å²) in [4.78, 5) is 34.9. The van der Waals surface area contributed by atoms with Crippen LogP contribution in [0.4, 0.5) is 4.79 Å². The molecule has 0 aromatic carbocycles. The van der Waals surface area contributed by atoms with Gasteiger partial charge in [0.2, 0.25) is 5.91 Å². The maximum Gasteiger partial charge on any atom is 0.326 e. The Balaban J connectivity index is 2.55. The molecule has 3 amide bonds. The van der Waals surface area contributed by atoms with Crippen molar-refractivity contribution in [3.63, 3.8) is 0 Å². The first-order chi connectivity index (χ1) is 8.95. The standard InChI is InChI=1S/C11H19N3O5/c12-9(16)4-3-8(10(17)18)13-11(19)14-5-1-2-7(14)6-15/h7-8,15H,1-6H2,(H2,12,16)(H,13,19)(H,17,18)/t7?,8-/m1/s1. The number of rotatable bonds is 6. The van der Waals surface area contributed by atoms with Crippen molar-refractivity contribution in [1.29, 1.82) is 0 Å². The molecule has 1 aliphatic heterocycles. The predicted molar refractivity (Wildman–Crippen MR) is 65.2 cm³/mol. The summed E-state index contributed by atoms with van der Waals surface area (Å²) in [5.74, 6) is -1.83. The summed E-state index contributed by atoms with van der Waals surface area (Å²) in [6.45, 7) is 0.339. The second kappa shape index (κ2) is 6.93. The fourth-order valence-corrected chi connectivity index (χ4v) is 2.07. The van der Waals surface area contributed by atoms with Crippen LogP contribution < -0.4 is 11.1 Å². The fraction of sp³-hybridized carbons (Fsp3) is 0.727. The Bertz CT molecular complexity index is 360. The number of amides is 3. The van der Waals surface area contributed by atoms with Gasteiger partial charge in [-0.2, -0.15) is 0 Å². The van der Waals surface area contributed by atoms with Gasteiger partial charge in [0.25, 0.3) is 0 Å². The molecule has 2 atom stereocenters. The minimum Gasteiger partial charge on any atom is -0.480 e. The van der Waals surface area contributed by atoms with Crippen molar-refractivity contribution < 1.29 is 24.6 Å². The van der Waals surface area contributed by atoms with Crippen LogP contribution in [0.1, 0.15) is 25.7 Å². The topological polar surface area (TPSA) is 133 Å². The Hall–Kier alpha value is -1.83. The molecule has 0 radical (unpaired) electrons. The third kappa shape index (κ3) is 4.40. The molecule has 8 heteroatoms. The number of likely N-dealkylation sites (tertiary alicyclic amines) is 1. The van der Waals surface area contributed by atoms with E-state index in [1.54, 1.807) is 0 Å². The number of nitrogens with zero attached hydrogens (tertiary/aromatic N) is 1. The van der Waals surface area contributed by atoms with E-state index in [2.05, 4.69) is 5.32 Å². The minimum atomic E-state index is -1.21. The zero-order chi connectivity index (χ0) is 14.4. The zero-order valence-corrected chi connectivity index (χ0v) is 10.5. The Morgan fingerprint density at radius 2 is 2.11 bits per heavy atom. The van der Waals surface area contributed by atoms with Crippen molar-refractivity contribution >= 4 is 17.9 Å². The number of primary amides is 1. The lowest BCUT2D eigenvalue weighted by Gasteiger charge is -2.25. The van der Waals surface area contributed by atoms with E-state index >= 15 is 0 Å². The summed E-state index contributed by atoms with van der Waals surface area (Å²) < 4.78 is 0. The second-order valence-corrected chi connectivity index (χ2v) is 4.52. The maximum absolute atomic E-state index is 11.9. The van der Waals surface area contributed by atoms with E-state index in [4.69, 9.17) is 15.9 Å². The Labute approximate surface area is 110 Å². The van der Waals surface area contributed by atoms with Crippen LogP contribution in [0.2, 0.25) is 0 Å². The van der Waals surface area contributed by atoms with Gasteiger partial charge in [-0.3, -0.25) is 4.79 Å². The van der Waals surface area contributed by atoms with Gasteiger partial charge in [-0.15, -0.1) is 0 Å². The average Bonchev–Trinajstić information content (AvgIpc) is 2.81. The van der Waals surface area contributed by atoms with Crippen LogP contribution in [-0.2, 0) is 9.59 Å². The van der Waals surface area contributed by atoms with Crippen LogP contribution in [0.15, 0.2) is 0 Å². The number of hydrogen-bond donors (Lipinski definition) is 4. The van der Waals surface area contributed by atoms with Gasteiger partial charge in [-0.25, -0.2) is 9.59 Å². The molecule has 0 aliphatic carbocycles. The van der Waals surface area contributed by atoms with Crippen LogP contribution in [0, 0.1) is 0 Å². The van der Waals surface area contributed by atoms with Gasteiger partial charge in [0.05, 0.1) is 12.6 Å². The van der Waals surface area contributed by atoms with Crippen molar-refractivity contribution in [2.75, 3.05) is 13.2 Å². The molecule has 1 saturated heterocycles. The summed E-state index contributed by atoms with van der Waals surface area (Å²) in [7, 11) is 0. The highest BCUT2D eigenvalue weighted by molar-refractivity contribution is 5.83. The Morgan fingerprint density at radius 1 is 1.42 bits per heavy atom. The van der Waals surface area contributed by atoms with Crippen LogP contribution in [-0.4, -0.2) is 58.3 Å². The first-order valence-electron chi connectivity index (χ1n) is 6.14. The van der Waals surface area contributed by atoms with Crippen molar-refractivity contribution in [2.45, 2.75) is 37.8 Å². The molecule has 5 N–H and O–H groups in total. The van der Waals surface area contributed by atoms with Crippen LogP contribution in [0.5, 0.6) is 0 Å². The molecule has 108 valence electrons. The molecule has 1 unspecified atom stereocenters. The van der Waals surface area contributed by atoms with Gasteiger partial charge in [-0.05, 0) is 19.3 Å². The molecule has 19 heavy (non-hydrogen) atoms. The zero-order valence-electron chi connectivity index (χ0n) is 10.5. The van der Waals surface area contributed by atoms with E-state index in [9.17, 15) is 14.4 Å². The van der Waals surface area contributed by atoms with Crippen LogP contribution in [0.25, 0.3) is 0 Å². The molecule has 0 aromatic heterocycles. The van der Waals surface area contributed by atoms with E-state index in [1.165, 1.54) is 4.90 Å². The number of aliphatic hydroxyl groups excluding tert-OH is 1. The highest BCUT2D eigenvalue weighted by Crippen LogP contribution is 2.16. The number of carbonyl (C=O) groups excluding carboxylic acids is 2. The number of hydrogen-bond acceptors (Lipinski definition) is 4. The molecule has 1 fully saturated rings. The van der Waals surface area contributed by atoms with E-state index in [1.807, 2.05) is 0 Å². The maximum atomic E-state index is 11.9. The van der Waals surface area contributed by atoms with Gasteiger partial charge in [-0.1, -0.05) is 0 Å². The summed E-state index contributed by atoms with van der Waals surface area (Å²) >= 11 is 0. The Kier molecular flexibility index (Phi) is 5.56. The molecule has 1 heterocycles. The van der Waals surface area contributed by atoms with E-state index in [0.29, 0.717) is 13.0 Å². The van der Waals surface area contributed by atoms with Gasteiger partial charge >= 0.3 is 12.0 Å². The number of carboxylic acids is 1. The predicted octanol–water partition coefficient (Wildman–Crippen LogP) is -1.13. The van der Waals surface area contributed by atoms with Crippen molar-refractivity contribution in [3.8, 4) is 0 Å². The van der Waals surface area contributed by atoms with Crippen LogP contribution >= 0.6 is 0 Å². The number of nitrogens with one attached hydrogen (secondary N) is 1. The first-order valence-corrected chi connectivity index (χ1v) is 6.14. The van der Waals surface area contributed by atoms with E-state index < -0.39 is 23.9 Å². The number of aliphatic hydroxyl groups is 1. The molecule has 0 aromatic rings. The molecule has 0 bridgehead atoms. The summed E-state index contributed by atoms with van der Waals surface area (Å²) in [5.41, 5.74) is 4.95. The normalized spacial score (nSPS) is 20.1. The molecule has 8 nitrogen and oxygen atoms in total. The van der Waals surface area contributed by atoms with Crippen LogP contribution in [0.3, 0.4) is 0 Å². The third-order valence-electron chi connectivity index (χ3n) is 3.12. The highest BCUT2D eigenvalue weighted by Gasteiger charge is 2.30. The van der Waals surface area contributed by atoms with E-state index in [0.717, 1.165) is 6.42 Å². The SMILES string of the molecule is NC(=O)CC[C@@H](NC(=O)N1CCCC1CO)C(=O)O. The number of carbonyl (C=O) groups is 3. The summed E-state index contributed by atoms with van der Waals surface area (Å²) in [6, 6.07) is -1.96. The van der Waals surface area contributed by atoms with Crippen molar-refractivity contribution in [3.05, 3.63) is 0 Å². The second-order valence-electron chi connectivity index (χ2n) is 4.52. The summed E-state index contributed by atoms with van der Waals surface area (Å²) in [6.07, 6.45) is 1.31. The first kappa shape index (κ1) is 15.2. The minimum absolute atomic E-state index is 0.0476. The fourth-order valence-electron chi connectivity index (χ4n) is 2.07. The smallest absolute Gasteiger partial charge is 0.326 e. The molecule has 1 rings (SSSR count). The lowest BCUT2D eigenvalue weighted by Crippen LogP contribution is -2.50. The van der Waals surface area contributed by atoms with E-state index in [-0.39, 0.29) is 25.5 Å². The van der Waals surface area contributed by atoms with Gasteiger partial charge < -0.3 is 26.2 Å². The molecular weight excluding hydrogens is 254 g/mol. The highest BCUT2D eigenvalue weighted by atomic mass is 16.4. The average molecular weight is 273 g/mol. The van der Waals surface area contributed by atoms with Gasteiger partial charge in [0, 0.05) is 13.0 Å². The van der Waals surface area contributed by atoms with Crippen molar-refractivity contribution in [2.24, 2.45) is 5.73 Å². The Morgan fingerprint density at radius 3 is 2.63 bits per heavy atom. The monoisotopic (exact) mass is 273 g/mol.